The minimum atomic E-state index is -1.49. The number of carboxylic acids is 1. The number of aromatic amines is 4. The van der Waals surface area contributed by atoms with Crippen molar-refractivity contribution in [2.24, 2.45) is 11.5 Å². The maximum atomic E-state index is 14.5. The molecule has 0 aliphatic carbocycles. The molecule has 0 fully saturated rings. The molecule has 0 spiro atoms. The largest absolute Gasteiger partial charge is 0.481 e. The summed E-state index contributed by atoms with van der Waals surface area (Å²) in [5.41, 5.74) is 18.5. The highest BCUT2D eigenvalue weighted by Gasteiger charge is 2.33. The number of rotatable bonds is 20. The van der Waals surface area contributed by atoms with E-state index in [9.17, 15) is 33.9 Å². The Balaban J connectivity index is 1.05. The Morgan fingerprint density at radius 1 is 0.455 bits per heavy atom. The third-order valence-electron chi connectivity index (χ3n) is 12.0. The summed E-state index contributed by atoms with van der Waals surface area (Å²) < 4.78 is 0. The summed E-state index contributed by atoms with van der Waals surface area (Å²) in [5, 5.41) is 24.0. The summed E-state index contributed by atoms with van der Waals surface area (Å²) in [6.07, 6.45) is 6.17. The molecule has 0 saturated heterocycles. The molecule has 338 valence electrons. The molecule has 66 heavy (non-hydrogen) atoms. The van der Waals surface area contributed by atoms with Gasteiger partial charge in [-0.2, -0.15) is 0 Å². The lowest BCUT2D eigenvalue weighted by Crippen LogP contribution is -2.59. The highest BCUT2D eigenvalue weighted by molar-refractivity contribution is 5.97. The van der Waals surface area contributed by atoms with E-state index in [-0.39, 0.29) is 32.1 Å². The SMILES string of the molecule is NC(=O)[C@H](Cc1c[nH]c2ccccc12)NC(=O)[C@H](Cc1c[nH]c2ccccc12)NC(=O)[C@H](CCC(=O)O)NC(=O)[C@H](Cc1c[nH]c2ccccc12)NC(=O)[C@@H](N)Cc1c[nH]c2ccccc12. The minimum Gasteiger partial charge on any atom is -0.481 e. The number of hydrogen-bond donors (Lipinski definition) is 11. The van der Waals surface area contributed by atoms with Gasteiger partial charge in [-0.15, -0.1) is 0 Å². The van der Waals surface area contributed by atoms with Crippen LogP contribution in [0.2, 0.25) is 0 Å². The van der Waals surface area contributed by atoms with E-state index in [4.69, 9.17) is 11.5 Å². The molecule has 8 aromatic rings. The number of aromatic nitrogens is 4. The van der Waals surface area contributed by atoms with Crippen molar-refractivity contribution in [2.75, 3.05) is 0 Å². The van der Waals surface area contributed by atoms with Gasteiger partial charge in [0.1, 0.15) is 24.2 Å². The lowest BCUT2D eigenvalue weighted by molar-refractivity contribution is -0.138. The van der Waals surface area contributed by atoms with Gasteiger partial charge in [-0.3, -0.25) is 28.8 Å². The smallest absolute Gasteiger partial charge is 0.303 e. The molecule has 4 heterocycles. The van der Waals surface area contributed by atoms with Gasteiger partial charge in [-0.1, -0.05) is 72.8 Å². The topological polar surface area (TPSA) is 286 Å². The molecule has 0 aliphatic rings. The number of carbonyl (C=O) groups is 6. The summed E-state index contributed by atoms with van der Waals surface area (Å²) in [4.78, 5) is 94.5. The Morgan fingerprint density at radius 3 is 1.17 bits per heavy atom. The minimum absolute atomic E-state index is 0.0226. The van der Waals surface area contributed by atoms with Crippen LogP contribution in [0.1, 0.15) is 35.1 Å². The van der Waals surface area contributed by atoms with Crippen LogP contribution in [0, 0.1) is 0 Å². The number of primary amides is 1. The Morgan fingerprint density at radius 2 is 0.773 bits per heavy atom. The molecule has 0 bridgehead atoms. The second kappa shape index (κ2) is 19.7. The highest BCUT2D eigenvalue weighted by Crippen LogP contribution is 2.23. The van der Waals surface area contributed by atoms with Gasteiger partial charge in [-0.05, 0) is 59.4 Å². The Bertz CT molecular complexity index is 3070. The van der Waals surface area contributed by atoms with Crippen LogP contribution in [0.4, 0.5) is 0 Å². The predicted molar refractivity (Wildman–Crippen MR) is 250 cm³/mol. The number of H-pyrrole nitrogens is 4. The number of nitrogens with one attached hydrogen (secondary N) is 8. The maximum Gasteiger partial charge on any atom is 0.303 e. The fourth-order valence-electron chi connectivity index (χ4n) is 8.46. The van der Waals surface area contributed by atoms with Gasteiger partial charge in [0.15, 0.2) is 0 Å². The molecule has 0 aliphatic heterocycles. The van der Waals surface area contributed by atoms with Crippen LogP contribution < -0.4 is 32.7 Å². The van der Waals surface area contributed by atoms with E-state index < -0.39 is 72.1 Å². The van der Waals surface area contributed by atoms with Crippen LogP contribution in [-0.4, -0.2) is 90.8 Å². The van der Waals surface area contributed by atoms with E-state index in [1.807, 2.05) is 97.1 Å². The van der Waals surface area contributed by atoms with Crippen LogP contribution in [0.25, 0.3) is 43.6 Å². The number of fused-ring (bicyclic) bond motifs is 4. The molecule has 0 unspecified atom stereocenters. The molecular formula is C49H50N10O7. The first-order valence-electron chi connectivity index (χ1n) is 21.6. The summed E-state index contributed by atoms with van der Waals surface area (Å²) in [5.74, 6) is -5.06. The number of hydrogen-bond acceptors (Lipinski definition) is 7. The number of para-hydroxylation sites is 4. The number of benzene rings is 4. The van der Waals surface area contributed by atoms with Gasteiger partial charge >= 0.3 is 5.97 Å². The molecule has 0 radical (unpaired) electrons. The van der Waals surface area contributed by atoms with E-state index in [2.05, 4.69) is 41.2 Å². The Labute approximate surface area is 377 Å². The number of nitrogens with two attached hydrogens (primary N) is 2. The van der Waals surface area contributed by atoms with Gasteiger partial charge in [0.25, 0.3) is 0 Å². The number of aliphatic carboxylic acids is 1. The summed E-state index contributed by atoms with van der Waals surface area (Å²) in [6, 6.07) is 23.5. The van der Waals surface area contributed by atoms with Crippen molar-refractivity contribution in [2.45, 2.75) is 68.7 Å². The third-order valence-corrected chi connectivity index (χ3v) is 12.0. The zero-order chi connectivity index (χ0) is 46.3. The molecule has 5 atom stereocenters. The van der Waals surface area contributed by atoms with E-state index in [1.165, 1.54) is 0 Å². The van der Waals surface area contributed by atoms with Crippen molar-refractivity contribution in [1.82, 2.24) is 41.2 Å². The van der Waals surface area contributed by atoms with Crippen molar-refractivity contribution in [3.05, 3.63) is 144 Å². The molecule has 8 rings (SSSR count). The Hall–Kier alpha value is -8.18. The molecule has 17 heteroatoms. The first-order valence-corrected chi connectivity index (χ1v) is 21.6. The molecule has 4 aromatic heterocycles. The highest BCUT2D eigenvalue weighted by atomic mass is 16.4. The van der Waals surface area contributed by atoms with Crippen molar-refractivity contribution in [3.8, 4) is 0 Å². The zero-order valence-electron chi connectivity index (χ0n) is 35.7. The van der Waals surface area contributed by atoms with Gasteiger partial charge < -0.3 is 57.8 Å². The van der Waals surface area contributed by atoms with Gasteiger partial charge in [-0.25, -0.2) is 0 Å². The number of amides is 5. The third kappa shape index (κ3) is 10.1. The number of carboxylic acid groups (broad SMARTS) is 1. The molecule has 5 amide bonds. The van der Waals surface area contributed by atoms with Crippen LogP contribution in [0.15, 0.2) is 122 Å². The molecule has 0 saturated carbocycles. The second-order valence-corrected chi connectivity index (χ2v) is 16.4. The Kier molecular flexibility index (Phi) is 13.3. The molecule has 4 aromatic carbocycles. The van der Waals surface area contributed by atoms with E-state index in [0.717, 1.165) is 54.7 Å². The molecule has 17 nitrogen and oxygen atoms in total. The van der Waals surface area contributed by atoms with Crippen molar-refractivity contribution in [1.29, 1.82) is 0 Å². The van der Waals surface area contributed by atoms with Crippen molar-refractivity contribution in [3.63, 3.8) is 0 Å². The summed E-state index contributed by atoms with van der Waals surface area (Å²) in [6.45, 7) is 0. The van der Waals surface area contributed by atoms with Crippen LogP contribution >= 0.6 is 0 Å². The molecule has 13 N–H and O–H groups in total. The van der Waals surface area contributed by atoms with Gasteiger partial charge in [0.2, 0.25) is 29.5 Å². The van der Waals surface area contributed by atoms with Crippen molar-refractivity contribution >= 4 is 79.1 Å². The quantitative estimate of drug-likeness (QED) is 0.0537. The summed E-state index contributed by atoms with van der Waals surface area (Å²) >= 11 is 0. The van der Waals surface area contributed by atoms with E-state index in [1.54, 1.807) is 24.8 Å². The maximum absolute atomic E-state index is 14.5. The zero-order valence-corrected chi connectivity index (χ0v) is 35.7. The fourth-order valence-corrected chi connectivity index (χ4v) is 8.46. The van der Waals surface area contributed by atoms with Gasteiger partial charge in [0.05, 0.1) is 6.04 Å². The normalized spacial score (nSPS) is 13.8. The first-order chi connectivity index (χ1) is 31.9. The fraction of sp³-hybridized carbons (Fsp3) is 0.224. The van der Waals surface area contributed by atoms with Crippen LogP contribution in [0.3, 0.4) is 0 Å². The van der Waals surface area contributed by atoms with E-state index in [0.29, 0.717) is 11.1 Å². The standard InChI is InChI=1S/C49H50N10O7/c50-35(19-27-23-52-36-13-5-1-9-31(27)36)46(63)58-42(21-29-25-54-38-15-7-3-11-33(29)38)48(65)56-40(17-18-44(60)61)47(64)59-43(22-30-26-55-39-16-8-4-12-34(30)39)49(66)57-41(45(51)62)20-28-24-53-37-14-6-2-10-32(28)37/h1-16,23-26,35,40-43,52-55H,17-22,50H2,(H2,51,62)(H,56,65)(H,57,66)(H,58,63)(H,59,64)(H,60,61)/t35-,40-,41-,42-,43-/m0/s1. The van der Waals surface area contributed by atoms with E-state index >= 15 is 0 Å². The lowest BCUT2D eigenvalue weighted by atomic mass is 10.0. The average molecular weight is 891 g/mol. The summed E-state index contributed by atoms with van der Waals surface area (Å²) in [7, 11) is 0. The molecular weight excluding hydrogens is 841 g/mol. The van der Waals surface area contributed by atoms with Crippen LogP contribution in [0.5, 0.6) is 0 Å². The first kappa shape index (κ1) is 44.4. The van der Waals surface area contributed by atoms with Crippen LogP contribution in [-0.2, 0) is 54.5 Å². The lowest BCUT2D eigenvalue weighted by Gasteiger charge is -2.26. The number of carbonyl (C=O) groups excluding carboxylic acids is 5. The average Bonchev–Trinajstić information content (AvgIpc) is 4.13. The monoisotopic (exact) mass is 890 g/mol. The second-order valence-electron chi connectivity index (χ2n) is 16.4. The van der Waals surface area contributed by atoms with Crippen molar-refractivity contribution < 1.29 is 33.9 Å². The predicted octanol–water partition coefficient (Wildman–Crippen LogP) is 3.50. The van der Waals surface area contributed by atoms with Gasteiger partial charge in [0, 0.05) is 94.1 Å².